The maximum atomic E-state index is 6.56. The van der Waals surface area contributed by atoms with Crippen molar-refractivity contribution in [3.05, 3.63) is 218 Å². The standard InChI is InChI=1S/C55H40N2O/c1-55(2)49-36-44(34-35-47(49)53-48-22-10-11-25-52(48)58-54(53)55)57(51-24-13-17-40-15-7-9-21-46(40)51)43-32-28-38(29-33-43)37-26-30-42(31-27-37)56(41-18-4-3-5-19-41)50-23-12-16-39-14-6-8-20-45(39)50/h3-36H,1-2H3. The molecule has 9 aromatic carbocycles. The third-order valence-corrected chi connectivity index (χ3v) is 12.0. The predicted octanol–water partition coefficient (Wildman–Crippen LogP) is 15.7. The van der Waals surface area contributed by atoms with Crippen LogP contribution in [-0.4, -0.2) is 0 Å². The second-order valence-corrected chi connectivity index (χ2v) is 15.8. The Labute approximate surface area is 338 Å². The minimum atomic E-state index is -0.288. The molecule has 276 valence electrons. The number of benzene rings is 9. The highest BCUT2D eigenvalue weighted by Gasteiger charge is 2.41. The molecule has 0 N–H and O–H groups in total. The molecule has 1 aliphatic rings. The molecule has 58 heavy (non-hydrogen) atoms. The number of hydrogen-bond acceptors (Lipinski definition) is 3. The summed E-state index contributed by atoms with van der Waals surface area (Å²) >= 11 is 0. The van der Waals surface area contributed by atoms with Gasteiger partial charge in [0.1, 0.15) is 11.3 Å². The van der Waals surface area contributed by atoms with Crippen LogP contribution in [0.1, 0.15) is 25.2 Å². The molecular weight excluding hydrogens is 705 g/mol. The molecule has 0 saturated heterocycles. The molecule has 0 amide bonds. The maximum absolute atomic E-state index is 6.56. The van der Waals surface area contributed by atoms with Crippen LogP contribution in [0.5, 0.6) is 0 Å². The van der Waals surface area contributed by atoms with E-state index in [0.29, 0.717) is 0 Å². The van der Waals surface area contributed by atoms with Crippen molar-refractivity contribution in [2.75, 3.05) is 9.80 Å². The smallest absolute Gasteiger partial charge is 0.134 e. The fourth-order valence-corrected chi connectivity index (χ4v) is 9.13. The topological polar surface area (TPSA) is 19.6 Å². The molecule has 3 nitrogen and oxygen atoms in total. The van der Waals surface area contributed by atoms with Gasteiger partial charge >= 0.3 is 0 Å². The monoisotopic (exact) mass is 744 g/mol. The summed E-state index contributed by atoms with van der Waals surface area (Å²) < 4.78 is 6.56. The first-order chi connectivity index (χ1) is 28.5. The summed E-state index contributed by atoms with van der Waals surface area (Å²) in [5.41, 5.74) is 13.5. The molecule has 0 radical (unpaired) electrons. The second kappa shape index (κ2) is 13.4. The van der Waals surface area contributed by atoms with E-state index in [2.05, 4.69) is 224 Å². The lowest BCUT2D eigenvalue weighted by molar-refractivity contribution is 0.465. The lowest BCUT2D eigenvalue weighted by Gasteiger charge is -2.29. The van der Waals surface area contributed by atoms with Crippen molar-refractivity contribution >= 4 is 66.6 Å². The van der Waals surface area contributed by atoms with E-state index in [9.17, 15) is 0 Å². The Balaban J connectivity index is 0.986. The summed E-state index contributed by atoms with van der Waals surface area (Å²) in [5.74, 6) is 1.04. The Kier molecular flexibility index (Phi) is 7.84. The van der Waals surface area contributed by atoms with Crippen LogP contribution in [0, 0.1) is 0 Å². The van der Waals surface area contributed by atoms with E-state index in [1.165, 1.54) is 43.6 Å². The molecule has 0 saturated carbocycles. The quantitative estimate of drug-likeness (QED) is 0.162. The van der Waals surface area contributed by atoms with E-state index in [4.69, 9.17) is 4.42 Å². The van der Waals surface area contributed by atoms with Crippen molar-refractivity contribution < 1.29 is 4.42 Å². The number of hydrogen-bond donors (Lipinski definition) is 0. The van der Waals surface area contributed by atoms with E-state index < -0.39 is 0 Å². The van der Waals surface area contributed by atoms with Gasteiger partial charge in [0.25, 0.3) is 0 Å². The van der Waals surface area contributed by atoms with Crippen LogP contribution in [0.4, 0.5) is 34.1 Å². The van der Waals surface area contributed by atoms with E-state index in [-0.39, 0.29) is 5.41 Å². The molecule has 0 unspecified atom stereocenters. The molecule has 0 atom stereocenters. The molecular formula is C55H40N2O. The van der Waals surface area contributed by atoms with Gasteiger partial charge in [0.15, 0.2) is 0 Å². The van der Waals surface area contributed by atoms with Gasteiger partial charge in [-0.1, -0.05) is 140 Å². The van der Waals surface area contributed by atoms with Crippen molar-refractivity contribution in [2.45, 2.75) is 19.3 Å². The van der Waals surface area contributed by atoms with Gasteiger partial charge in [0, 0.05) is 49.9 Å². The van der Waals surface area contributed by atoms with Gasteiger partial charge in [-0.05, 0) is 114 Å². The summed E-state index contributed by atoms with van der Waals surface area (Å²) in [6.45, 7) is 4.57. The third kappa shape index (κ3) is 5.43. The molecule has 3 heteroatoms. The Bertz CT molecular complexity index is 3130. The minimum absolute atomic E-state index is 0.288. The molecule has 10 aromatic rings. The summed E-state index contributed by atoms with van der Waals surface area (Å²) in [6, 6.07) is 74.3. The van der Waals surface area contributed by atoms with Crippen LogP contribution in [0.25, 0.3) is 54.8 Å². The average molecular weight is 745 g/mol. The van der Waals surface area contributed by atoms with Crippen molar-refractivity contribution in [1.82, 2.24) is 0 Å². The predicted molar refractivity (Wildman–Crippen MR) is 244 cm³/mol. The van der Waals surface area contributed by atoms with Gasteiger partial charge in [0.05, 0.1) is 11.4 Å². The highest BCUT2D eigenvalue weighted by atomic mass is 16.3. The summed E-state index contributed by atoms with van der Waals surface area (Å²) in [6.07, 6.45) is 0. The second-order valence-electron chi connectivity index (χ2n) is 15.8. The first-order valence-electron chi connectivity index (χ1n) is 20.0. The van der Waals surface area contributed by atoms with Crippen molar-refractivity contribution in [1.29, 1.82) is 0 Å². The molecule has 0 fully saturated rings. The van der Waals surface area contributed by atoms with Crippen LogP contribution >= 0.6 is 0 Å². The molecule has 0 spiro atoms. The average Bonchev–Trinajstić information content (AvgIpc) is 3.77. The Morgan fingerprint density at radius 2 is 0.862 bits per heavy atom. The highest BCUT2D eigenvalue weighted by Crippen LogP contribution is 2.54. The van der Waals surface area contributed by atoms with Gasteiger partial charge in [0.2, 0.25) is 0 Å². The van der Waals surface area contributed by atoms with Crippen molar-refractivity contribution in [2.24, 2.45) is 0 Å². The first-order valence-corrected chi connectivity index (χ1v) is 20.0. The number of furan rings is 1. The lowest BCUT2D eigenvalue weighted by atomic mass is 9.85. The zero-order valence-electron chi connectivity index (χ0n) is 32.4. The lowest BCUT2D eigenvalue weighted by Crippen LogP contribution is -2.16. The Hall–Kier alpha value is -7.36. The van der Waals surface area contributed by atoms with Crippen molar-refractivity contribution in [3.8, 4) is 22.3 Å². The summed E-state index contributed by atoms with van der Waals surface area (Å²) in [7, 11) is 0. The summed E-state index contributed by atoms with van der Waals surface area (Å²) in [4.78, 5) is 4.76. The number of nitrogens with zero attached hydrogens (tertiary/aromatic N) is 2. The normalized spacial score (nSPS) is 12.8. The third-order valence-electron chi connectivity index (χ3n) is 12.0. The molecule has 1 aliphatic carbocycles. The van der Waals surface area contributed by atoms with Crippen LogP contribution < -0.4 is 9.80 Å². The zero-order valence-corrected chi connectivity index (χ0v) is 32.4. The summed E-state index contributed by atoms with van der Waals surface area (Å²) in [5, 5.41) is 6.03. The molecule has 11 rings (SSSR count). The van der Waals surface area contributed by atoms with Crippen LogP contribution in [0.15, 0.2) is 211 Å². The highest BCUT2D eigenvalue weighted by molar-refractivity contribution is 6.03. The van der Waals surface area contributed by atoms with Gasteiger partial charge in [-0.25, -0.2) is 0 Å². The number of anilines is 6. The van der Waals surface area contributed by atoms with Crippen LogP contribution in [0.3, 0.4) is 0 Å². The SMILES string of the molecule is CC1(C)c2cc(N(c3ccc(-c4ccc(N(c5ccccc5)c5cccc6ccccc56)cc4)cc3)c3cccc4ccccc34)ccc2-c2c1oc1ccccc21. The minimum Gasteiger partial charge on any atom is -0.459 e. The van der Waals surface area contributed by atoms with Crippen LogP contribution in [0.2, 0.25) is 0 Å². The zero-order chi connectivity index (χ0) is 38.8. The van der Waals surface area contributed by atoms with E-state index in [1.807, 2.05) is 6.07 Å². The Morgan fingerprint density at radius 3 is 1.47 bits per heavy atom. The van der Waals surface area contributed by atoms with Gasteiger partial charge < -0.3 is 14.2 Å². The molecule has 0 aliphatic heterocycles. The Morgan fingerprint density at radius 1 is 0.397 bits per heavy atom. The van der Waals surface area contributed by atoms with Gasteiger partial charge in [-0.3, -0.25) is 0 Å². The number of rotatable bonds is 7. The first kappa shape index (κ1) is 33.9. The van der Waals surface area contributed by atoms with E-state index in [0.717, 1.165) is 56.6 Å². The molecule has 1 aromatic heterocycles. The van der Waals surface area contributed by atoms with Gasteiger partial charge in [-0.2, -0.15) is 0 Å². The molecule has 0 bridgehead atoms. The number of para-hydroxylation sites is 2. The fourth-order valence-electron chi connectivity index (χ4n) is 9.13. The molecule has 1 heterocycles. The number of fused-ring (bicyclic) bond motifs is 7. The van der Waals surface area contributed by atoms with E-state index in [1.54, 1.807) is 0 Å². The largest absolute Gasteiger partial charge is 0.459 e. The van der Waals surface area contributed by atoms with Crippen LogP contribution in [-0.2, 0) is 5.41 Å². The fraction of sp³-hybridized carbons (Fsp3) is 0.0545. The van der Waals surface area contributed by atoms with E-state index >= 15 is 0 Å². The van der Waals surface area contributed by atoms with Crippen molar-refractivity contribution in [3.63, 3.8) is 0 Å². The van der Waals surface area contributed by atoms with Gasteiger partial charge in [-0.15, -0.1) is 0 Å². The maximum Gasteiger partial charge on any atom is 0.134 e.